The van der Waals surface area contributed by atoms with Crippen LogP contribution < -0.4 is 10.5 Å². The predicted octanol–water partition coefficient (Wildman–Crippen LogP) is 3.40. The molecular weight excluding hydrogens is 326 g/mol. The van der Waals surface area contributed by atoms with Crippen molar-refractivity contribution in [1.29, 1.82) is 0 Å². The van der Waals surface area contributed by atoms with Crippen molar-refractivity contribution in [3.05, 3.63) is 22.7 Å². The number of nitrogen functional groups attached to an aromatic ring is 1. The Bertz CT molecular complexity index is 451. The molecule has 17 heavy (non-hydrogen) atoms. The molecule has 3 nitrogen and oxygen atoms in total. The summed E-state index contributed by atoms with van der Waals surface area (Å²) in [7, 11) is 0. The maximum Gasteiger partial charge on any atom is 0.573 e. The molecule has 0 saturated heterocycles. The monoisotopic (exact) mass is 331 g/mol. The average molecular weight is 333 g/mol. The number of ketones is 1. The van der Waals surface area contributed by atoms with Crippen molar-refractivity contribution in [3.8, 4) is 5.75 Å². The van der Waals surface area contributed by atoms with Gasteiger partial charge in [-0.3, -0.25) is 4.79 Å². The Balaban J connectivity index is 3.25. The molecule has 1 aromatic carbocycles. The van der Waals surface area contributed by atoms with Crippen LogP contribution in [0.3, 0.4) is 0 Å². The molecule has 0 bridgehead atoms. The Hall–Kier alpha value is -0.950. The summed E-state index contributed by atoms with van der Waals surface area (Å²) in [5.41, 5.74) is 4.93. The molecule has 0 heterocycles. The van der Waals surface area contributed by atoms with Crippen LogP contribution in [-0.2, 0) is 0 Å². The highest BCUT2D eigenvalue weighted by Crippen LogP contribution is 2.37. The van der Waals surface area contributed by atoms with Gasteiger partial charge in [-0.1, -0.05) is 27.5 Å². The largest absolute Gasteiger partial charge is 0.573 e. The van der Waals surface area contributed by atoms with Gasteiger partial charge in [0.15, 0.2) is 11.5 Å². The average Bonchev–Trinajstić information content (AvgIpc) is 2.22. The number of anilines is 1. The van der Waals surface area contributed by atoms with E-state index in [1.165, 1.54) is 6.07 Å². The van der Waals surface area contributed by atoms with Crippen molar-refractivity contribution < 1.29 is 22.7 Å². The summed E-state index contributed by atoms with van der Waals surface area (Å²) in [5.74, 6) is -1.23. The number of halogens is 5. The highest BCUT2D eigenvalue weighted by molar-refractivity contribution is 9.09. The van der Waals surface area contributed by atoms with Crippen molar-refractivity contribution in [2.45, 2.75) is 6.36 Å². The Morgan fingerprint density at radius 3 is 2.53 bits per heavy atom. The lowest BCUT2D eigenvalue weighted by molar-refractivity contribution is -0.274. The first-order valence-electron chi connectivity index (χ1n) is 4.19. The second-order valence-corrected chi connectivity index (χ2v) is 3.89. The zero-order valence-electron chi connectivity index (χ0n) is 8.15. The molecular formula is C9H6BrClF3NO2. The lowest BCUT2D eigenvalue weighted by Crippen LogP contribution is -2.19. The summed E-state index contributed by atoms with van der Waals surface area (Å²) < 4.78 is 39.9. The molecule has 94 valence electrons. The molecule has 0 radical (unpaired) electrons. The Kier molecular flexibility index (Phi) is 4.26. The number of benzene rings is 1. The number of alkyl halides is 4. The van der Waals surface area contributed by atoms with E-state index in [4.69, 9.17) is 17.3 Å². The lowest BCUT2D eigenvalue weighted by Gasteiger charge is -2.14. The second kappa shape index (κ2) is 5.14. The second-order valence-electron chi connectivity index (χ2n) is 2.95. The number of ether oxygens (including phenoxy) is 1. The third-order valence-electron chi connectivity index (χ3n) is 1.77. The molecule has 0 fully saturated rings. The first-order chi connectivity index (χ1) is 7.76. The number of rotatable bonds is 3. The summed E-state index contributed by atoms with van der Waals surface area (Å²) in [4.78, 5) is 11.4. The number of carbonyl (C=O) groups excluding carboxylic acids is 1. The number of carbonyl (C=O) groups is 1. The molecule has 1 aromatic rings. The smallest absolute Gasteiger partial charge is 0.402 e. The highest BCUT2D eigenvalue weighted by atomic mass is 79.9. The lowest BCUT2D eigenvalue weighted by atomic mass is 10.1. The minimum Gasteiger partial charge on any atom is -0.402 e. The van der Waals surface area contributed by atoms with E-state index in [-0.39, 0.29) is 16.6 Å². The van der Waals surface area contributed by atoms with Crippen molar-refractivity contribution in [1.82, 2.24) is 0 Å². The minimum atomic E-state index is -4.92. The summed E-state index contributed by atoms with van der Waals surface area (Å²) in [6.07, 6.45) is -4.92. The maximum atomic E-state index is 12.1. The van der Waals surface area contributed by atoms with E-state index in [9.17, 15) is 18.0 Å². The Labute approximate surface area is 108 Å². The molecule has 2 N–H and O–H groups in total. The van der Waals surface area contributed by atoms with Crippen molar-refractivity contribution in [3.63, 3.8) is 0 Å². The molecule has 0 spiro atoms. The van der Waals surface area contributed by atoms with Crippen LogP contribution in [0.1, 0.15) is 10.4 Å². The van der Waals surface area contributed by atoms with Crippen LogP contribution in [-0.4, -0.2) is 17.5 Å². The zero-order valence-corrected chi connectivity index (χ0v) is 10.5. The third-order valence-corrected chi connectivity index (χ3v) is 2.65. The molecule has 0 aliphatic rings. The topological polar surface area (TPSA) is 52.3 Å². The van der Waals surface area contributed by atoms with E-state index >= 15 is 0 Å². The van der Waals surface area contributed by atoms with Crippen LogP contribution >= 0.6 is 27.5 Å². The third kappa shape index (κ3) is 3.50. The van der Waals surface area contributed by atoms with Gasteiger partial charge in [0, 0.05) is 5.56 Å². The normalized spacial score (nSPS) is 11.4. The Morgan fingerprint density at radius 2 is 2.06 bits per heavy atom. The molecule has 0 aliphatic carbocycles. The van der Waals surface area contributed by atoms with Crippen LogP contribution in [0.4, 0.5) is 18.9 Å². The molecule has 0 unspecified atom stereocenters. The fourth-order valence-electron chi connectivity index (χ4n) is 1.08. The van der Waals surface area contributed by atoms with Crippen LogP contribution in [0, 0.1) is 0 Å². The van der Waals surface area contributed by atoms with Crippen LogP contribution in [0.5, 0.6) is 5.75 Å². The fourth-order valence-corrected chi connectivity index (χ4v) is 1.70. The maximum absolute atomic E-state index is 12.1. The molecule has 0 aliphatic heterocycles. The number of nitrogens with two attached hydrogens (primary N) is 1. The van der Waals surface area contributed by atoms with Crippen LogP contribution in [0.2, 0.25) is 5.02 Å². The van der Waals surface area contributed by atoms with E-state index in [0.29, 0.717) is 0 Å². The molecule has 8 heteroatoms. The van der Waals surface area contributed by atoms with Gasteiger partial charge in [0.1, 0.15) is 0 Å². The van der Waals surface area contributed by atoms with Gasteiger partial charge < -0.3 is 10.5 Å². The minimum absolute atomic E-state index is 0.0674. The summed E-state index contributed by atoms with van der Waals surface area (Å²) >= 11 is 8.53. The Morgan fingerprint density at radius 1 is 1.47 bits per heavy atom. The van der Waals surface area contributed by atoms with Gasteiger partial charge >= 0.3 is 6.36 Å². The van der Waals surface area contributed by atoms with Gasteiger partial charge in [0.2, 0.25) is 0 Å². The number of hydrogen-bond donors (Lipinski definition) is 1. The van der Waals surface area contributed by atoms with Gasteiger partial charge in [-0.2, -0.15) is 0 Å². The number of hydrogen-bond acceptors (Lipinski definition) is 3. The fraction of sp³-hybridized carbons (Fsp3) is 0.222. The summed E-state index contributed by atoms with van der Waals surface area (Å²) in [5, 5.41) is -0.519. The quantitative estimate of drug-likeness (QED) is 0.524. The van der Waals surface area contributed by atoms with E-state index in [1.807, 2.05) is 0 Å². The summed E-state index contributed by atoms with van der Waals surface area (Å²) in [6, 6.07) is 2.37. The van der Waals surface area contributed by atoms with Gasteiger partial charge in [0.25, 0.3) is 0 Å². The van der Waals surface area contributed by atoms with E-state index in [0.717, 1.165) is 6.07 Å². The first-order valence-corrected chi connectivity index (χ1v) is 5.69. The molecule has 0 aromatic heterocycles. The standard InChI is InChI=1S/C9H6BrClF3NO2/c10-3-6(16)4-1-2-5(15)8(7(4)11)17-9(12,13)14/h1-2H,3,15H2. The molecule has 1 rings (SSSR count). The molecule has 0 saturated carbocycles. The summed E-state index contributed by atoms with van der Waals surface area (Å²) in [6.45, 7) is 0. The number of Topliss-reactive ketones (excluding diaryl/α,β-unsaturated/α-hetero) is 1. The molecule has 0 amide bonds. The van der Waals surface area contributed by atoms with Gasteiger partial charge in [0.05, 0.1) is 16.0 Å². The van der Waals surface area contributed by atoms with Gasteiger partial charge in [-0.05, 0) is 12.1 Å². The van der Waals surface area contributed by atoms with E-state index < -0.39 is 22.9 Å². The van der Waals surface area contributed by atoms with Crippen LogP contribution in [0.25, 0.3) is 0 Å². The van der Waals surface area contributed by atoms with Crippen molar-refractivity contribution in [2.75, 3.05) is 11.1 Å². The van der Waals surface area contributed by atoms with Crippen molar-refractivity contribution >= 4 is 39.0 Å². The zero-order chi connectivity index (χ0) is 13.2. The predicted molar refractivity (Wildman–Crippen MR) is 60.7 cm³/mol. The van der Waals surface area contributed by atoms with Gasteiger partial charge in [-0.25, -0.2) is 0 Å². The first kappa shape index (κ1) is 14.1. The van der Waals surface area contributed by atoms with E-state index in [1.54, 1.807) is 0 Å². The van der Waals surface area contributed by atoms with Crippen molar-refractivity contribution in [2.24, 2.45) is 0 Å². The van der Waals surface area contributed by atoms with Crippen LogP contribution in [0.15, 0.2) is 12.1 Å². The van der Waals surface area contributed by atoms with E-state index in [2.05, 4.69) is 20.7 Å². The molecule has 0 atom stereocenters. The highest BCUT2D eigenvalue weighted by Gasteiger charge is 2.33. The van der Waals surface area contributed by atoms with Gasteiger partial charge in [-0.15, -0.1) is 13.2 Å². The SMILES string of the molecule is Nc1ccc(C(=O)CBr)c(Cl)c1OC(F)(F)F.